The molecule has 2 fully saturated rings. The molecule has 0 aromatic carbocycles. The summed E-state index contributed by atoms with van der Waals surface area (Å²) in [6, 6.07) is 0.101. The number of carbonyl (C=O) groups excluding carboxylic acids is 1. The van der Waals surface area contributed by atoms with Gasteiger partial charge in [0.1, 0.15) is 0 Å². The number of nitrogens with one attached hydrogen (secondary N) is 1. The summed E-state index contributed by atoms with van der Waals surface area (Å²) >= 11 is 0. The summed E-state index contributed by atoms with van der Waals surface area (Å²) in [6.07, 6.45) is 6.05. The Morgan fingerprint density at radius 3 is 2.44 bits per heavy atom. The van der Waals surface area contributed by atoms with Gasteiger partial charge in [-0.3, -0.25) is 0 Å². The van der Waals surface area contributed by atoms with Crippen LogP contribution >= 0.6 is 0 Å². The Hall–Kier alpha value is -0.770. The number of likely N-dealkylation sites (tertiary alicyclic amines) is 1. The number of hydrogen-bond donors (Lipinski definition) is 2. The number of aliphatic hydroxyl groups is 1. The lowest BCUT2D eigenvalue weighted by Gasteiger charge is -2.26. The van der Waals surface area contributed by atoms with Crippen LogP contribution in [0.3, 0.4) is 0 Å². The number of nitrogens with zero attached hydrogens (tertiary/aromatic N) is 1. The molecule has 1 aliphatic heterocycles. The molecule has 0 aromatic heterocycles. The van der Waals surface area contributed by atoms with Crippen LogP contribution in [-0.4, -0.2) is 41.8 Å². The van der Waals surface area contributed by atoms with Crippen molar-refractivity contribution in [1.82, 2.24) is 10.2 Å². The van der Waals surface area contributed by atoms with Gasteiger partial charge in [0.25, 0.3) is 0 Å². The van der Waals surface area contributed by atoms with E-state index in [2.05, 4.69) is 5.32 Å². The third kappa shape index (κ3) is 3.11. The van der Waals surface area contributed by atoms with Gasteiger partial charge in [0.15, 0.2) is 0 Å². The molecule has 1 saturated heterocycles. The zero-order chi connectivity index (χ0) is 11.4. The molecule has 0 unspecified atom stereocenters. The summed E-state index contributed by atoms with van der Waals surface area (Å²) in [5.74, 6) is 0.565. The van der Waals surface area contributed by atoms with Gasteiger partial charge >= 0.3 is 6.03 Å². The van der Waals surface area contributed by atoms with E-state index in [1.54, 1.807) is 0 Å². The van der Waals surface area contributed by atoms with Crippen molar-refractivity contribution in [2.45, 2.75) is 44.6 Å². The molecule has 1 aliphatic carbocycles. The van der Waals surface area contributed by atoms with Crippen LogP contribution in [0.1, 0.15) is 38.5 Å². The molecule has 0 aromatic rings. The first-order valence-electron chi connectivity index (χ1n) is 6.46. The smallest absolute Gasteiger partial charge is 0.317 e. The second-order valence-electron chi connectivity index (χ2n) is 5.05. The Kier molecular flexibility index (Phi) is 4.04. The van der Waals surface area contributed by atoms with Gasteiger partial charge in [-0.15, -0.1) is 0 Å². The summed E-state index contributed by atoms with van der Waals surface area (Å²) < 4.78 is 0. The molecule has 2 aliphatic rings. The minimum atomic E-state index is -0.106. The number of rotatable bonds is 2. The average Bonchev–Trinajstić information content (AvgIpc) is 2.81. The fourth-order valence-corrected chi connectivity index (χ4v) is 2.61. The molecule has 2 amide bonds. The molecule has 4 heteroatoms. The molecular formula is C12H22N2O2. The van der Waals surface area contributed by atoms with E-state index in [-0.39, 0.29) is 12.1 Å². The van der Waals surface area contributed by atoms with Crippen LogP contribution in [0.5, 0.6) is 0 Å². The molecule has 2 rings (SSSR count). The summed E-state index contributed by atoms with van der Waals surface area (Å²) in [7, 11) is 0. The van der Waals surface area contributed by atoms with E-state index in [0.29, 0.717) is 5.92 Å². The van der Waals surface area contributed by atoms with Gasteiger partial charge in [-0.2, -0.15) is 0 Å². The first kappa shape index (κ1) is 11.7. The zero-order valence-corrected chi connectivity index (χ0v) is 9.82. The number of amides is 2. The highest BCUT2D eigenvalue weighted by Crippen LogP contribution is 2.23. The molecular weight excluding hydrogens is 204 g/mol. The van der Waals surface area contributed by atoms with E-state index in [0.717, 1.165) is 58.2 Å². The predicted octanol–water partition coefficient (Wildman–Crippen LogP) is 1.34. The molecule has 2 N–H and O–H groups in total. The van der Waals surface area contributed by atoms with Crippen LogP contribution in [-0.2, 0) is 0 Å². The largest absolute Gasteiger partial charge is 0.393 e. The van der Waals surface area contributed by atoms with E-state index >= 15 is 0 Å². The van der Waals surface area contributed by atoms with Crippen molar-refractivity contribution in [1.29, 1.82) is 0 Å². The number of carbonyl (C=O) groups is 1. The second-order valence-corrected chi connectivity index (χ2v) is 5.05. The Balaban J connectivity index is 1.65. The molecule has 16 heavy (non-hydrogen) atoms. The van der Waals surface area contributed by atoms with Gasteiger partial charge in [-0.1, -0.05) is 0 Å². The lowest BCUT2D eigenvalue weighted by Crippen LogP contribution is -2.40. The van der Waals surface area contributed by atoms with Gasteiger partial charge in [-0.25, -0.2) is 4.79 Å². The Morgan fingerprint density at radius 2 is 1.81 bits per heavy atom. The van der Waals surface area contributed by atoms with Gasteiger partial charge in [-0.05, 0) is 44.4 Å². The highest BCUT2D eigenvalue weighted by molar-refractivity contribution is 5.74. The highest BCUT2D eigenvalue weighted by Gasteiger charge is 2.22. The van der Waals surface area contributed by atoms with Crippen LogP contribution in [0.2, 0.25) is 0 Å². The quantitative estimate of drug-likeness (QED) is 0.746. The van der Waals surface area contributed by atoms with E-state index in [1.807, 2.05) is 4.90 Å². The summed E-state index contributed by atoms with van der Waals surface area (Å²) in [6.45, 7) is 2.60. The Bertz CT molecular complexity index is 231. The van der Waals surface area contributed by atoms with Crippen molar-refractivity contribution in [2.75, 3.05) is 19.6 Å². The SMILES string of the molecule is O=C(NCC1CCC(O)CC1)N1CCCC1. The normalized spacial score (nSPS) is 30.4. The standard InChI is InChI=1S/C12H22N2O2/c15-11-5-3-10(4-6-11)9-13-12(16)14-7-1-2-8-14/h10-11,15H,1-9H2,(H,13,16). The lowest BCUT2D eigenvalue weighted by molar-refractivity contribution is 0.108. The van der Waals surface area contributed by atoms with Crippen molar-refractivity contribution < 1.29 is 9.90 Å². The molecule has 1 heterocycles. The van der Waals surface area contributed by atoms with Crippen molar-refractivity contribution in [2.24, 2.45) is 5.92 Å². The van der Waals surface area contributed by atoms with Gasteiger partial charge in [0.2, 0.25) is 0 Å². The highest BCUT2D eigenvalue weighted by atomic mass is 16.3. The van der Waals surface area contributed by atoms with Crippen molar-refractivity contribution >= 4 is 6.03 Å². The number of hydrogen-bond acceptors (Lipinski definition) is 2. The van der Waals surface area contributed by atoms with Gasteiger partial charge < -0.3 is 15.3 Å². The zero-order valence-electron chi connectivity index (χ0n) is 9.82. The monoisotopic (exact) mass is 226 g/mol. The molecule has 0 bridgehead atoms. The Morgan fingerprint density at radius 1 is 1.19 bits per heavy atom. The minimum Gasteiger partial charge on any atom is -0.393 e. The van der Waals surface area contributed by atoms with E-state index < -0.39 is 0 Å². The topological polar surface area (TPSA) is 52.6 Å². The second kappa shape index (κ2) is 5.53. The summed E-state index contributed by atoms with van der Waals surface area (Å²) in [5, 5.41) is 12.4. The van der Waals surface area contributed by atoms with Crippen LogP contribution in [0, 0.1) is 5.92 Å². The van der Waals surface area contributed by atoms with E-state index in [1.165, 1.54) is 0 Å². The lowest BCUT2D eigenvalue weighted by atomic mass is 9.87. The van der Waals surface area contributed by atoms with E-state index in [4.69, 9.17) is 0 Å². The van der Waals surface area contributed by atoms with Crippen LogP contribution in [0.25, 0.3) is 0 Å². The molecule has 0 radical (unpaired) electrons. The van der Waals surface area contributed by atoms with Crippen LogP contribution in [0.15, 0.2) is 0 Å². The molecule has 1 saturated carbocycles. The van der Waals surface area contributed by atoms with Crippen molar-refractivity contribution in [3.8, 4) is 0 Å². The number of urea groups is 1. The van der Waals surface area contributed by atoms with Gasteiger partial charge in [0.05, 0.1) is 6.10 Å². The van der Waals surface area contributed by atoms with Crippen molar-refractivity contribution in [3.05, 3.63) is 0 Å². The summed E-state index contributed by atoms with van der Waals surface area (Å²) in [4.78, 5) is 13.6. The maximum atomic E-state index is 11.7. The predicted molar refractivity (Wildman–Crippen MR) is 62.2 cm³/mol. The van der Waals surface area contributed by atoms with Crippen molar-refractivity contribution in [3.63, 3.8) is 0 Å². The maximum absolute atomic E-state index is 11.7. The number of aliphatic hydroxyl groups excluding tert-OH is 1. The fourth-order valence-electron chi connectivity index (χ4n) is 2.61. The van der Waals surface area contributed by atoms with Crippen LogP contribution in [0.4, 0.5) is 4.79 Å². The first-order chi connectivity index (χ1) is 7.75. The van der Waals surface area contributed by atoms with Crippen LogP contribution < -0.4 is 5.32 Å². The molecule has 0 atom stereocenters. The summed E-state index contributed by atoms with van der Waals surface area (Å²) in [5.41, 5.74) is 0. The van der Waals surface area contributed by atoms with Gasteiger partial charge in [0, 0.05) is 19.6 Å². The molecule has 4 nitrogen and oxygen atoms in total. The fraction of sp³-hybridized carbons (Fsp3) is 0.917. The average molecular weight is 226 g/mol. The molecule has 92 valence electrons. The third-order valence-electron chi connectivity index (χ3n) is 3.75. The maximum Gasteiger partial charge on any atom is 0.317 e. The minimum absolute atomic E-state index is 0.101. The third-order valence-corrected chi connectivity index (χ3v) is 3.75. The Labute approximate surface area is 97.0 Å². The molecule has 0 spiro atoms. The van der Waals surface area contributed by atoms with E-state index in [9.17, 15) is 9.90 Å². The first-order valence-corrected chi connectivity index (χ1v) is 6.46.